The van der Waals surface area contributed by atoms with Crippen molar-refractivity contribution in [3.8, 4) is 5.82 Å². The molecular formula is C20H17BrCl2N6O3. The van der Waals surface area contributed by atoms with E-state index in [1.54, 1.807) is 43.6 Å². The summed E-state index contributed by atoms with van der Waals surface area (Å²) in [7, 11) is 1.32. The summed E-state index contributed by atoms with van der Waals surface area (Å²) in [5.74, 6) is -0.795. The van der Waals surface area contributed by atoms with Gasteiger partial charge in [0.15, 0.2) is 5.82 Å². The molecule has 0 bridgehead atoms. The third kappa shape index (κ3) is 5.04. The summed E-state index contributed by atoms with van der Waals surface area (Å²) in [5, 5.41) is 4.28. The van der Waals surface area contributed by atoms with Crippen LogP contribution in [-0.4, -0.2) is 39.5 Å². The first-order valence-electron chi connectivity index (χ1n) is 9.03. The summed E-state index contributed by atoms with van der Waals surface area (Å²) in [6.07, 6.45) is 3.20. The maximum absolute atomic E-state index is 13.2. The topological polar surface area (TPSA) is 122 Å². The maximum Gasteiger partial charge on any atom is 0.331 e. The molecule has 2 aromatic heterocycles. The normalized spacial score (nSPS) is 10.5. The first kappa shape index (κ1) is 23.6. The lowest BCUT2D eigenvalue weighted by Gasteiger charge is -2.20. The Bertz CT molecular complexity index is 1230. The predicted molar refractivity (Wildman–Crippen MR) is 125 cm³/mol. The van der Waals surface area contributed by atoms with E-state index in [-0.39, 0.29) is 22.0 Å². The van der Waals surface area contributed by atoms with Crippen LogP contribution >= 0.6 is 39.1 Å². The van der Waals surface area contributed by atoms with Crippen molar-refractivity contribution in [2.75, 3.05) is 12.4 Å². The number of nitrogens with zero attached hydrogens (tertiary/aromatic N) is 3. The van der Waals surface area contributed by atoms with Gasteiger partial charge in [0.2, 0.25) is 0 Å². The minimum atomic E-state index is -0.917. The van der Waals surface area contributed by atoms with Gasteiger partial charge in [-0.25, -0.2) is 15.2 Å². The fraction of sp³-hybridized carbons (Fsp3) is 0.100. The monoisotopic (exact) mass is 538 g/mol. The number of pyridine rings is 1. The lowest BCUT2D eigenvalue weighted by atomic mass is 10.1. The van der Waals surface area contributed by atoms with Gasteiger partial charge >= 0.3 is 6.03 Å². The van der Waals surface area contributed by atoms with Gasteiger partial charge in [-0.1, -0.05) is 23.2 Å². The molecule has 0 saturated carbocycles. The van der Waals surface area contributed by atoms with E-state index in [9.17, 15) is 14.4 Å². The number of anilines is 1. The Balaban J connectivity index is 2.02. The standard InChI is InChI=1S/C20H17BrCl2N6O3/c1-10-6-12(22)8-13(19(31)28(2)27-20(24)32)16(10)26-18(30)15-7-11(21)9-29(15)17-14(23)4-3-5-25-17/h3-9H,1-2H3,(H,26,30)(H3,24,27,32). The largest absolute Gasteiger partial charge is 0.350 e. The molecule has 2 heterocycles. The Hall–Kier alpha value is -3.08. The first-order chi connectivity index (χ1) is 15.1. The Morgan fingerprint density at radius 2 is 1.94 bits per heavy atom. The van der Waals surface area contributed by atoms with Crippen LogP contribution in [0.4, 0.5) is 10.5 Å². The molecule has 0 radical (unpaired) electrons. The molecule has 0 aliphatic heterocycles. The molecule has 4 N–H and O–H groups in total. The highest BCUT2D eigenvalue weighted by Gasteiger charge is 2.23. The number of nitrogens with one attached hydrogen (secondary N) is 2. The molecule has 0 saturated heterocycles. The van der Waals surface area contributed by atoms with Crippen molar-refractivity contribution in [3.05, 3.63) is 74.1 Å². The molecule has 0 unspecified atom stereocenters. The van der Waals surface area contributed by atoms with Crippen LogP contribution in [0.25, 0.3) is 5.82 Å². The zero-order valence-corrected chi connectivity index (χ0v) is 19.9. The van der Waals surface area contributed by atoms with Crippen molar-refractivity contribution in [1.82, 2.24) is 20.0 Å². The maximum atomic E-state index is 13.2. The van der Waals surface area contributed by atoms with E-state index in [1.807, 2.05) is 0 Å². The van der Waals surface area contributed by atoms with Gasteiger partial charge < -0.3 is 11.1 Å². The van der Waals surface area contributed by atoms with Gasteiger partial charge in [0.05, 0.1) is 16.3 Å². The van der Waals surface area contributed by atoms with Crippen LogP contribution in [0.5, 0.6) is 0 Å². The van der Waals surface area contributed by atoms with Crippen LogP contribution in [0.15, 0.2) is 47.2 Å². The number of aryl methyl sites for hydroxylation is 1. The predicted octanol–water partition coefficient (Wildman–Crippen LogP) is 4.16. The van der Waals surface area contributed by atoms with Crippen LogP contribution in [0.2, 0.25) is 10.0 Å². The highest BCUT2D eigenvalue weighted by atomic mass is 79.9. The SMILES string of the molecule is Cc1cc(Cl)cc(C(=O)N(C)NC(N)=O)c1NC(=O)c1cc(Br)cn1-c1ncccc1Cl. The average molecular weight is 540 g/mol. The fourth-order valence-electron chi connectivity index (χ4n) is 2.99. The van der Waals surface area contributed by atoms with E-state index in [0.29, 0.717) is 20.9 Å². The summed E-state index contributed by atoms with van der Waals surface area (Å²) in [4.78, 5) is 41.5. The summed E-state index contributed by atoms with van der Waals surface area (Å²) in [6, 6.07) is 6.99. The van der Waals surface area contributed by atoms with Crippen LogP contribution in [0.3, 0.4) is 0 Å². The number of hydrazine groups is 1. The van der Waals surface area contributed by atoms with Gasteiger partial charge in [-0.2, -0.15) is 0 Å². The third-order valence-corrected chi connectivity index (χ3v) is 5.29. The minimum absolute atomic E-state index is 0.0626. The lowest BCUT2D eigenvalue weighted by molar-refractivity contribution is 0.0739. The summed E-state index contributed by atoms with van der Waals surface area (Å²) >= 11 is 15.7. The van der Waals surface area contributed by atoms with E-state index < -0.39 is 17.8 Å². The molecular weight excluding hydrogens is 523 g/mol. The lowest BCUT2D eigenvalue weighted by Crippen LogP contribution is -2.46. The molecule has 1 aromatic carbocycles. The van der Waals surface area contributed by atoms with Crippen LogP contribution < -0.4 is 16.5 Å². The second kappa shape index (κ2) is 9.60. The number of rotatable bonds is 4. The highest BCUT2D eigenvalue weighted by molar-refractivity contribution is 9.10. The van der Waals surface area contributed by atoms with Crippen LogP contribution in [0, 0.1) is 6.92 Å². The zero-order chi connectivity index (χ0) is 23.6. The van der Waals surface area contributed by atoms with Crippen molar-refractivity contribution >= 4 is 62.7 Å². The minimum Gasteiger partial charge on any atom is -0.350 e. The van der Waals surface area contributed by atoms with E-state index in [4.69, 9.17) is 28.9 Å². The molecule has 32 heavy (non-hydrogen) atoms. The van der Waals surface area contributed by atoms with Gasteiger partial charge in [0, 0.05) is 28.9 Å². The molecule has 0 fully saturated rings. The van der Waals surface area contributed by atoms with E-state index >= 15 is 0 Å². The smallest absolute Gasteiger partial charge is 0.331 e. The fourth-order valence-corrected chi connectivity index (χ4v) is 3.89. The number of halogens is 3. The zero-order valence-electron chi connectivity index (χ0n) is 16.8. The van der Waals surface area contributed by atoms with Crippen molar-refractivity contribution < 1.29 is 14.4 Å². The van der Waals surface area contributed by atoms with Gasteiger partial charge in [-0.3, -0.25) is 19.2 Å². The molecule has 166 valence electrons. The Morgan fingerprint density at radius 3 is 2.59 bits per heavy atom. The van der Waals surface area contributed by atoms with E-state index in [2.05, 4.69) is 31.7 Å². The Labute approximate surface area is 201 Å². The Kier molecular flexibility index (Phi) is 7.07. The number of urea groups is 1. The number of benzene rings is 1. The van der Waals surface area contributed by atoms with Crippen LogP contribution in [0.1, 0.15) is 26.4 Å². The summed E-state index contributed by atoms with van der Waals surface area (Å²) < 4.78 is 2.15. The first-order valence-corrected chi connectivity index (χ1v) is 10.6. The van der Waals surface area contributed by atoms with E-state index in [0.717, 1.165) is 5.01 Å². The van der Waals surface area contributed by atoms with E-state index in [1.165, 1.54) is 17.7 Å². The molecule has 12 heteroatoms. The number of carbonyl (C=O) groups is 3. The van der Waals surface area contributed by atoms with Crippen molar-refractivity contribution in [3.63, 3.8) is 0 Å². The molecule has 0 spiro atoms. The second-order valence-corrected chi connectivity index (χ2v) is 8.42. The van der Waals surface area contributed by atoms with Gasteiger partial charge in [0.1, 0.15) is 5.69 Å². The van der Waals surface area contributed by atoms with Crippen molar-refractivity contribution in [2.45, 2.75) is 6.92 Å². The Morgan fingerprint density at radius 1 is 1.22 bits per heavy atom. The molecule has 3 aromatic rings. The van der Waals surface area contributed by atoms with Gasteiger partial charge in [-0.05, 0) is 58.7 Å². The molecule has 0 aliphatic carbocycles. The number of primary amides is 1. The summed E-state index contributed by atoms with van der Waals surface area (Å²) in [6.45, 7) is 1.68. The molecule has 0 aliphatic rings. The van der Waals surface area contributed by atoms with Crippen LogP contribution in [-0.2, 0) is 0 Å². The van der Waals surface area contributed by atoms with Crippen molar-refractivity contribution in [1.29, 1.82) is 0 Å². The van der Waals surface area contributed by atoms with Gasteiger partial charge in [-0.15, -0.1) is 0 Å². The highest BCUT2D eigenvalue weighted by Crippen LogP contribution is 2.29. The number of hydrogen-bond acceptors (Lipinski definition) is 4. The number of carbonyl (C=O) groups excluding carboxylic acids is 3. The summed E-state index contributed by atoms with van der Waals surface area (Å²) in [5.41, 5.74) is 8.29. The number of nitrogens with two attached hydrogens (primary N) is 1. The molecule has 9 nitrogen and oxygen atoms in total. The molecule has 0 atom stereocenters. The third-order valence-electron chi connectivity index (χ3n) is 4.34. The van der Waals surface area contributed by atoms with Crippen molar-refractivity contribution in [2.24, 2.45) is 5.73 Å². The number of amides is 4. The number of hydrogen-bond donors (Lipinski definition) is 3. The average Bonchev–Trinajstić information content (AvgIpc) is 3.10. The number of aromatic nitrogens is 2. The molecule has 4 amide bonds. The quantitative estimate of drug-likeness (QED) is 0.431. The second-order valence-electron chi connectivity index (χ2n) is 6.66. The molecule has 3 rings (SSSR count). The van der Waals surface area contributed by atoms with Gasteiger partial charge in [0.25, 0.3) is 11.8 Å².